The standard InChI is InChI=1S/C20H15Cl2N3O2/c21-13-10-14(22)12-18(11-13)25-20(27)19(26)24-17-8-6-16(7-9-17)23-15-4-2-1-3-5-15/h1-12,23H,(H,24,26)(H,25,27). The molecule has 0 unspecified atom stereocenters. The van der Waals surface area contributed by atoms with E-state index < -0.39 is 11.8 Å². The maximum atomic E-state index is 12.1. The summed E-state index contributed by atoms with van der Waals surface area (Å²) in [7, 11) is 0. The van der Waals surface area contributed by atoms with E-state index in [1.165, 1.54) is 18.2 Å². The van der Waals surface area contributed by atoms with Crippen molar-refractivity contribution in [1.82, 2.24) is 0 Å². The normalized spacial score (nSPS) is 10.1. The van der Waals surface area contributed by atoms with Crippen molar-refractivity contribution in [3.05, 3.63) is 82.8 Å². The van der Waals surface area contributed by atoms with Gasteiger partial charge >= 0.3 is 11.8 Å². The van der Waals surface area contributed by atoms with Gasteiger partial charge in [-0.2, -0.15) is 0 Å². The molecule has 0 spiro atoms. The third kappa shape index (κ3) is 5.48. The van der Waals surface area contributed by atoms with E-state index in [0.29, 0.717) is 21.4 Å². The van der Waals surface area contributed by atoms with Crippen LogP contribution in [-0.2, 0) is 9.59 Å². The highest BCUT2D eigenvalue weighted by molar-refractivity contribution is 6.44. The highest BCUT2D eigenvalue weighted by atomic mass is 35.5. The lowest BCUT2D eigenvalue weighted by molar-refractivity contribution is -0.132. The summed E-state index contributed by atoms with van der Waals surface area (Å²) in [5, 5.41) is 8.95. The van der Waals surface area contributed by atoms with Gasteiger partial charge in [-0.3, -0.25) is 9.59 Å². The fraction of sp³-hybridized carbons (Fsp3) is 0. The fourth-order valence-electron chi connectivity index (χ4n) is 2.33. The average Bonchev–Trinajstić information content (AvgIpc) is 2.63. The van der Waals surface area contributed by atoms with Gasteiger partial charge in [-0.05, 0) is 54.6 Å². The van der Waals surface area contributed by atoms with E-state index in [1.54, 1.807) is 24.3 Å². The van der Waals surface area contributed by atoms with E-state index >= 15 is 0 Å². The Morgan fingerprint density at radius 3 is 1.67 bits per heavy atom. The summed E-state index contributed by atoms with van der Waals surface area (Å²) >= 11 is 11.7. The smallest absolute Gasteiger partial charge is 0.314 e. The molecule has 0 atom stereocenters. The molecule has 0 heterocycles. The average molecular weight is 400 g/mol. The second-order valence-corrected chi connectivity index (χ2v) is 6.51. The molecule has 0 aliphatic rings. The molecule has 7 heteroatoms. The van der Waals surface area contributed by atoms with Crippen molar-refractivity contribution in [2.75, 3.05) is 16.0 Å². The van der Waals surface area contributed by atoms with Crippen LogP contribution >= 0.6 is 23.2 Å². The Balaban J connectivity index is 1.59. The van der Waals surface area contributed by atoms with Crippen molar-refractivity contribution in [3.8, 4) is 0 Å². The Hall–Kier alpha value is -3.02. The van der Waals surface area contributed by atoms with Gasteiger partial charge in [0.05, 0.1) is 0 Å². The Kier molecular flexibility index (Phi) is 5.96. The minimum Gasteiger partial charge on any atom is -0.356 e. The molecular formula is C20H15Cl2N3O2. The molecule has 27 heavy (non-hydrogen) atoms. The van der Waals surface area contributed by atoms with Crippen LogP contribution in [0, 0.1) is 0 Å². The van der Waals surface area contributed by atoms with Crippen molar-refractivity contribution >= 4 is 57.8 Å². The molecule has 3 aromatic rings. The number of anilines is 4. The van der Waals surface area contributed by atoms with Gasteiger partial charge in [-0.1, -0.05) is 41.4 Å². The van der Waals surface area contributed by atoms with Gasteiger partial charge in [0.1, 0.15) is 0 Å². The molecule has 0 fully saturated rings. The van der Waals surface area contributed by atoms with Crippen LogP contribution in [0.1, 0.15) is 0 Å². The molecule has 0 aliphatic heterocycles. The van der Waals surface area contributed by atoms with Crippen molar-refractivity contribution in [2.24, 2.45) is 0 Å². The van der Waals surface area contributed by atoms with Crippen LogP contribution in [-0.4, -0.2) is 11.8 Å². The highest BCUT2D eigenvalue weighted by Gasteiger charge is 2.14. The number of carbonyl (C=O) groups excluding carboxylic acids is 2. The summed E-state index contributed by atoms with van der Waals surface area (Å²) < 4.78 is 0. The molecule has 0 aromatic heterocycles. The maximum Gasteiger partial charge on any atom is 0.314 e. The van der Waals surface area contributed by atoms with Crippen molar-refractivity contribution in [1.29, 1.82) is 0 Å². The zero-order chi connectivity index (χ0) is 19.2. The van der Waals surface area contributed by atoms with Gasteiger partial charge in [-0.15, -0.1) is 0 Å². The van der Waals surface area contributed by atoms with Crippen LogP contribution in [0.2, 0.25) is 10.0 Å². The van der Waals surface area contributed by atoms with Gasteiger partial charge in [0, 0.05) is 32.8 Å². The number of amides is 2. The first-order valence-corrected chi connectivity index (χ1v) is 8.76. The summed E-state index contributed by atoms with van der Waals surface area (Å²) in [4.78, 5) is 24.1. The summed E-state index contributed by atoms with van der Waals surface area (Å²) in [6, 6.07) is 21.2. The van der Waals surface area contributed by atoms with Gasteiger partial charge in [0.15, 0.2) is 0 Å². The lowest BCUT2D eigenvalue weighted by Gasteiger charge is -2.09. The molecule has 0 saturated heterocycles. The van der Waals surface area contributed by atoms with Crippen molar-refractivity contribution < 1.29 is 9.59 Å². The first kappa shape index (κ1) is 18.8. The van der Waals surface area contributed by atoms with E-state index in [2.05, 4.69) is 16.0 Å². The number of benzene rings is 3. The van der Waals surface area contributed by atoms with Crippen LogP contribution in [0.15, 0.2) is 72.8 Å². The molecule has 3 aromatic carbocycles. The topological polar surface area (TPSA) is 70.2 Å². The zero-order valence-electron chi connectivity index (χ0n) is 14.0. The molecule has 0 saturated carbocycles. The van der Waals surface area contributed by atoms with Crippen molar-refractivity contribution in [2.45, 2.75) is 0 Å². The predicted molar refractivity (Wildman–Crippen MR) is 110 cm³/mol. The molecule has 0 aliphatic carbocycles. The van der Waals surface area contributed by atoms with Gasteiger partial charge in [0.25, 0.3) is 0 Å². The van der Waals surface area contributed by atoms with Gasteiger partial charge in [0.2, 0.25) is 0 Å². The Morgan fingerprint density at radius 2 is 1.07 bits per heavy atom. The Labute approximate surface area is 166 Å². The molecule has 136 valence electrons. The Bertz CT molecular complexity index is 940. The number of para-hydroxylation sites is 1. The number of carbonyl (C=O) groups is 2. The number of hydrogen-bond acceptors (Lipinski definition) is 3. The van der Waals surface area contributed by atoms with E-state index in [9.17, 15) is 9.59 Å². The monoisotopic (exact) mass is 399 g/mol. The maximum absolute atomic E-state index is 12.1. The fourth-order valence-corrected chi connectivity index (χ4v) is 2.85. The van der Waals surface area contributed by atoms with Gasteiger partial charge < -0.3 is 16.0 Å². The number of rotatable bonds is 4. The molecule has 5 nitrogen and oxygen atoms in total. The summed E-state index contributed by atoms with van der Waals surface area (Å²) in [5.74, 6) is -1.62. The second kappa shape index (κ2) is 8.58. The first-order chi connectivity index (χ1) is 13.0. The highest BCUT2D eigenvalue weighted by Crippen LogP contribution is 2.22. The predicted octanol–water partition coefficient (Wildman–Crippen LogP) is 5.31. The molecule has 0 radical (unpaired) electrons. The van der Waals surface area contributed by atoms with Crippen LogP contribution < -0.4 is 16.0 Å². The SMILES string of the molecule is O=C(Nc1ccc(Nc2ccccc2)cc1)C(=O)Nc1cc(Cl)cc(Cl)c1. The zero-order valence-corrected chi connectivity index (χ0v) is 15.5. The summed E-state index contributed by atoms with van der Waals surface area (Å²) in [6.07, 6.45) is 0. The minimum atomic E-state index is -0.820. The molecule has 3 N–H and O–H groups in total. The molecular weight excluding hydrogens is 385 g/mol. The number of halogens is 2. The third-order valence-corrected chi connectivity index (χ3v) is 3.97. The first-order valence-electron chi connectivity index (χ1n) is 8.00. The number of hydrogen-bond donors (Lipinski definition) is 3. The summed E-state index contributed by atoms with van der Waals surface area (Å²) in [5.41, 5.74) is 2.65. The lowest BCUT2D eigenvalue weighted by Crippen LogP contribution is -2.29. The van der Waals surface area contributed by atoms with Gasteiger partial charge in [-0.25, -0.2) is 0 Å². The lowest BCUT2D eigenvalue weighted by atomic mass is 10.2. The van der Waals surface area contributed by atoms with Crippen LogP contribution in [0.4, 0.5) is 22.7 Å². The second-order valence-electron chi connectivity index (χ2n) is 5.63. The molecule has 0 bridgehead atoms. The Morgan fingerprint density at radius 1 is 0.593 bits per heavy atom. The molecule has 2 amide bonds. The van der Waals surface area contributed by atoms with Crippen LogP contribution in [0.5, 0.6) is 0 Å². The van der Waals surface area contributed by atoms with E-state index in [0.717, 1.165) is 11.4 Å². The van der Waals surface area contributed by atoms with Crippen molar-refractivity contribution in [3.63, 3.8) is 0 Å². The van der Waals surface area contributed by atoms with Crippen LogP contribution in [0.25, 0.3) is 0 Å². The van der Waals surface area contributed by atoms with E-state index in [-0.39, 0.29) is 0 Å². The molecule has 3 rings (SSSR count). The van der Waals surface area contributed by atoms with Crippen LogP contribution in [0.3, 0.4) is 0 Å². The summed E-state index contributed by atoms with van der Waals surface area (Å²) in [6.45, 7) is 0. The quantitative estimate of drug-likeness (QED) is 0.520. The van der Waals surface area contributed by atoms with E-state index in [4.69, 9.17) is 23.2 Å². The van der Waals surface area contributed by atoms with E-state index in [1.807, 2.05) is 30.3 Å². The largest absolute Gasteiger partial charge is 0.356 e. The third-order valence-electron chi connectivity index (χ3n) is 3.53. The number of nitrogens with one attached hydrogen (secondary N) is 3. The minimum absolute atomic E-state index is 0.343.